The summed E-state index contributed by atoms with van der Waals surface area (Å²) < 4.78 is 3.31. The van der Waals surface area contributed by atoms with E-state index in [1.54, 1.807) is 8.87 Å². The molecule has 4 nitrogen and oxygen atoms in total. The standard InChI is InChI=1S/2C8H17.C6H10O4.Sn/c2*1-4-6-7-8(3)5-2;7-5(8)3-1-2-4-6(9)10;/h2*8H,3-7H2,1-2H3;1-4H2,(H,7,8)(H,9,10);/q;;;+2/p-2. The maximum absolute atomic E-state index is 9.77. The molecule has 0 N–H and O–H groups in total. The third kappa shape index (κ3) is 23.7. The van der Waals surface area contributed by atoms with Crippen LogP contribution in [0.5, 0.6) is 0 Å². The first-order chi connectivity index (χ1) is 12.9. The van der Waals surface area contributed by atoms with Gasteiger partial charge >= 0.3 is 121 Å². The van der Waals surface area contributed by atoms with E-state index >= 15 is 0 Å². The number of unbranched alkanes of at least 4 members (excludes halogenated alkanes) is 3. The van der Waals surface area contributed by atoms with Gasteiger partial charge in [-0.2, -0.15) is 0 Å². The Morgan fingerprint density at radius 3 is 1.33 bits per heavy atom. The molecule has 0 saturated heterocycles. The first kappa shape index (κ1) is 28.9. The first-order valence-corrected chi connectivity index (χ1v) is 15.0. The molecule has 158 valence electrons. The van der Waals surface area contributed by atoms with Crippen molar-refractivity contribution >= 4 is 33.1 Å². The van der Waals surface area contributed by atoms with E-state index in [0.717, 1.165) is 11.8 Å². The number of hydrogen-bond donors (Lipinski definition) is 0. The maximum Gasteiger partial charge on any atom is 0.0414 e. The zero-order valence-electron chi connectivity index (χ0n) is 18.2. The van der Waals surface area contributed by atoms with Crippen molar-refractivity contribution in [3.63, 3.8) is 0 Å². The van der Waals surface area contributed by atoms with Crippen LogP contribution in [-0.4, -0.2) is 33.1 Å². The van der Waals surface area contributed by atoms with E-state index in [9.17, 15) is 19.8 Å². The molecular formula is C22H42O4Sn. The number of carboxylic acids is 2. The van der Waals surface area contributed by atoms with Crippen LogP contribution in [0, 0.1) is 11.8 Å². The molecule has 0 radical (unpaired) electrons. The molecule has 0 heterocycles. The van der Waals surface area contributed by atoms with Crippen LogP contribution >= 0.6 is 0 Å². The Labute approximate surface area is 178 Å². The van der Waals surface area contributed by atoms with Crippen molar-refractivity contribution in [2.24, 2.45) is 11.8 Å². The second-order valence-corrected chi connectivity index (χ2v) is 11.2. The van der Waals surface area contributed by atoms with Gasteiger partial charge < -0.3 is 19.8 Å². The number of carbonyl (C=O) groups is 2. The summed E-state index contributed by atoms with van der Waals surface area (Å²) >= 11 is -0.0388. The van der Waals surface area contributed by atoms with Gasteiger partial charge in [0.2, 0.25) is 0 Å². The average Bonchev–Trinajstić information content (AvgIpc) is 2.64. The molecule has 0 bridgehead atoms. The van der Waals surface area contributed by atoms with E-state index in [4.69, 9.17) is 0 Å². The molecule has 0 aromatic heterocycles. The molecule has 2 atom stereocenters. The predicted molar refractivity (Wildman–Crippen MR) is 110 cm³/mol. The van der Waals surface area contributed by atoms with Gasteiger partial charge in [-0.25, -0.2) is 0 Å². The number of carbonyl (C=O) groups excluding carboxylic acids is 2. The molecule has 0 fully saturated rings. The average molecular weight is 489 g/mol. The van der Waals surface area contributed by atoms with Gasteiger partial charge in [-0.05, 0) is 25.7 Å². The number of aliphatic carboxylic acids is 2. The van der Waals surface area contributed by atoms with Crippen molar-refractivity contribution in [3.05, 3.63) is 0 Å². The summed E-state index contributed by atoms with van der Waals surface area (Å²) in [6, 6.07) is 0. The van der Waals surface area contributed by atoms with Crippen molar-refractivity contribution < 1.29 is 19.8 Å². The molecule has 27 heavy (non-hydrogen) atoms. The fourth-order valence-electron chi connectivity index (χ4n) is 2.92. The van der Waals surface area contributed by atoms with E-state index in [2.05, 4.69) is 27.7 Å². The summed E-state index contributed by atoms with van der Waals surface area (Å²) in [6.45, 7) is 9.44. The molecule has 0 aliphatic heterocycles. The second-order valence-electron chi connectivity index (χ2n) is 7.44. The number of hydrogen-bond acceptors (Lipinski definition) is 4. The maximum atomic E-state index is 9.77. The van der Waals surface area contributed by atoms with E-state index in [-0.39, 0.29) is 34.0 Å². The van der Waals surface area contributed by atoms with Gasteiger partial charge in [0, 0.05) is 11.9 Å². The van der Waals surface area contributed by atoms with Gasteiger partial charge in [-0.1, -0.05) is 0 Å². The fraction of sp³-hybridized carbons (Fsp3) is 0.909. The number of carboxylic acid groups (broad SMARTS) is 2. The summed E-state index contributed by atoms with van der Waals surface area (Å²) in [5.74, 6) is -0.104. The minimum atomic E-state index is -1.14. The number of rotatable bonds is 17. The Bertz CT molecular complexity index is 315. The van der Waals surface area contributed by atoms with Crippen LogP contribution in [0.1, 0.15) is 105 Å². The zero-order chi connectivity index (χ0) is 20.9. The van der Waals surface area contributed by atoms with Crippen LogP contribution in [0.15, 0.2) is 0 Å². The largest absolute Gasteiger partial charge is 0.550 e. The van der Waals surface area contributed by atoms with Gasteiger partial charge in [-0.3, -0.25) is 0 Å². The summed E-state index contributed by atoms with van der Waals surface area (Å²) in [7, 11) is 0. The Hall–Kier alpha value is -0.261. The molecule has 0 saturated carbocycles. The molecule has 0 aliphatic carbocycles. The summed E-state index contributed by atoms with van der Waals surface area (Å²) in [5.41, 5.74) is 0. The Morgan fingerprint density at radius 1 is 0.704 bits per heavy atom. The SMILES string of the molecule is CCCCC(CC)[CH2][Sn+2][CH2]C(CC)CCCC.O=C([O-])CCCCC(=O)[O-]. The molecule has 0 aromatic carbocycles. The molecule has 2 unspecified atom stereocenters. The van der Waals surface area contributed by atoms with Crippen LogP contribution in [0.3, 0.4) is 0 Å². The van der Waals surface area contributed by atoms with Crippen LogP contribution < -0.4 is 10.2 Å². The van der Waals surface area contributed by atoms with Crippen molar-refractivity contribution in [2.75, 3.05) is 0 Å². The zero-order valence-corrected chi connectivity index (χ0v) is 21.0. The normalized spacial score (nSPS) is 12.4. The van der Waals surface area contributed by atoms with Crippen molar-refractivity contribution in [1.29, 1.82) is 0 Å². The van der Waals surface area contributed by atoms with Gasteiger partial charge in [0.25, 0.3) is 0 Å². The molecule has 0 spiro atoms. The third-order valence-electron chi connectivity index (χ3n) is 4.96. The van der Waals surface area contributed by atoms with Gasteiger partial charge in [-0.15, -0.1) is 0 Å². The van der Waals surface area contributed by atoms with Crippen LogP contribution in [0.4, 0.5) is 0 Å². The molecular weight excluding hydrogens is 447 g/mol. The summed E-state index contributed by atoms with van der Waals surface area (Å²) in [6.07, 6.45) is 12.1. The second kappa shape index (κ2) is 22.0. The quantitative estimate of drug-likeness (QED) is 0.229. The van der Waals surface area contributed by atoms with Crippen LogP contribution in [-0.2, 0) is 9.59 Å². The minimum Gasteiger partial charge on any atom is -0.550 e. The minimum absolute atomic E-state index is 0.0388. The Kier molecular flexibility index (Phi) is 23.6. The van der Waals surface area contributed by atoms with E-state index in [1.807, 2.05) is 0 Å². The molecule has 0 aliphatic rings. The Balaban J connectivity index is 0. The monoisotopic (exact) mass is 490 g/mol. The Morgan fingerprint density at radius 2 is 1.07 bits per heavy atom. The first-order valence-electron chi connectivity index (χ1n) is 11.0. The van der Waals surface area contributed by atoms with Crippen molar-refractivity contribution in [2.45, 2.75) is 114 Å². The van der Waals surface area contributed by atoms with Crippen LogP contribution in [0.25, 0.3) is 0 Å². The van der Waals surface area contributed by atoms with E-state index in [0.29, 0.717) is 12.8 Å². The smallest absolute Gasteiger partial charge is 0.0414 e. The summed E-state index contributed by atoms with van der Waals surface area (Å²) in [4.78, 5) is 19.5. The van der Waals surface area contributed by atoms with E-state index in [1.165, 1.54) is 51.4 Å². The molecule has 0 amide bonds. The van der Waals surface area contributed by atoms with Gasteiger partial charge in [0.1, 0.15) is 0 Å². The van der Waals surface area contributed by atoms with Crippen LogP contribution in [0.2, 0.25) is 8.87 Å². The fourth-order valence-corrected chi connectivity index (χ4v) is 8.54. The predicted octanol–water partition coefficient (Wildman–Crippen LogP) is 4.01. The molecule has 0 rings (SSSR count). The summed E-state index contributed by atoms with van der Waals surface area (Å²) in [5, 5.41) is 19.5. The van der Waals surface area contributed by atoms with Gasteiger partial charge in [0.15, 0.2) is 0 Å². The third-order valence-corrected chi connectivity index (χ3v) is 9.91. The molecule has 5 heteroatoms. The van der Waals surface area contributed by atoms with Gasteiger partial charge in [0.05, 0.1) is 0 Å². The molecule has 0 aromatic rings. The van der Waals surface area contributed by atoms with E-state index < -0.39 is 11.9 Å². The topological polar surface area (TPSA) is 80.3 Å². The van der Waals surface area contributed by atoms with Crippen molar-refractivity contribution in [3.8, 4) is 0 Å². The van der Waals surface area contributed by atoms with Crippen molar-refractivity contribution in [1.82, 2.24) is 0 Å².